The van der Waals surface area contributed by atoms with E-state index in [0.29, 0.717) is 19.8 Å². The first-order valence-electron chi connectivity index (χ1n) is 7.20. The quantitative estimate of drug-likeness (QED) is 0.574. The molecular formula is C16H20O4. The lowest BCUT2D eigenvalue weighted by molar-refractivity contribution is -0.161. The molecule has 0 aromatic rings. The molecule has 0 atom stereocenters. The first-order valence-corrected chi connectivity index (χ1v) is 7.20. The van der Waals surface area contributed by atoms with Gasteiger partial charge in [0.15, 0.2) is 5.79 Å². The Morgan fingerprint density at radius 3 is 2.65 bits per heavy atom. The minimum Gasteiger partial charge on any atom is -0.462 e. The van der Waals surface area contributed by atoms with Gasteiger partial charge in [0.25, 0.3) is 0 Å². The van der Waals surface area contributed by atoms with Crippen molar-refractivity contribution in [3.05, 3.63) is 34.9 Å². The summed E-state index contributed by atoms with van der Waals surface area (Å²) < 4.78 is 16.3. The van der Waals surface area contributed by atoms with Gasteiger partial charge in [0, 0.05) is 24.8 Å². The Morgan fingerprint density at radius 1 is 1.25 bits per heavy atom. The Morgan fingerprint density at radius 2 is 2.05 bits per heavy atom. The number of rotatable bonds is 2. The third-order valence-corrected chi connectivity index (χ3v) is 4.14. The number of carbonyl (C=O) groups excluding carboxylic acids is 1. The summed E-state index contributed by atoms with van der Waals surface area (Å²) in [5, 5.41) is 0. The smallest absolute Gasteiger partial charge is 0.334 e. The largest absolute Gasteiger partial charge is 0.462 e. The molecule has 1 spiro atoms. The number of cyclic esters (lactones) is 1. The van der Waals surface area contributed by atoms with Gasteiger partial charge in [-0.1, -0.05) is 23.8 Å². The van der Waals surface area contributed by atoms with Crippen molar-refractivity contribution in [1.29, 1.82) is 0 Å². The molecule has 20 heavy (non-hydrogen) atoms. The number of hydrogen-bond acceptors (Lipinski definition) is 4. The minimum absolute atomic E-state index is 0.170. The molecule has 2 saturated heterocycles. The molecule has 0 aromatic carbocycles. The van der Waals surface area contributed by atoms with Crippen molar-refractivity contribution in [2.24, 2.45) is 0 Å². The standard InChI is InChI=1S/C16H20O4/c1-12(14-6-9-18-15(14)17)2-3-13-4-7-16(8-5-13)19-10-11-20-16/h2-4H,5-11H2,1H3/b3-2-,14-12-. The third kappa shape index (κ3) is 2.72. The van der Waals surface area contributed by atoms with Crippen molar-refractivity contribution in [3.63, 3.8) is 0 Å². The fourth-order valence-electron chi connectivity index (χ4n) is 2.86. The van der Waals surface area contributed by atoms with Crippen molar-refractivity contribution in [1.82, 2.24) is 0 Å². The van der Waals surface area contributed by atoms with Crippen LogP contribution in [0.2, 0.25) is 0 Å². The van der Waals surface area contributed by atoms with Gasteiger partial charge in [0.1, 0.15) is 0 Å². The molecule has 0 N–H and O–H groups in total. The second-order valence-electron chi connectivity index (χ2n) is 5.47. The predicted octanol–water partition coefficient (Wildman–Crippen LogP) is 2.66. The molecular weight excluding hydrogens is 256 g/mol. The van der Waals surface area contributed by atoms with E-state index in [9.17, 15) is 4.79 Å². The highest BCUT2D eigenvalue weighted by Crippen LogP contribution is 2.35. The molecule has 4 nitrogen and oxygen atoms in total. The SMILES string of the molecule is CC(/C=C\C1=CCC2(CC1)OCCO2)=C1\CCOC1=O. The highest BCUT2D eigenvalue weighted by Gasteiger charge is 2.37. The van der Waals surface area contributed by atoms with E-state index in [-0.39, 0.29) is 11.8 Å². The number of esters is 1. The monoisotopic (exact) mass is 276 g/mol. The molecule has 2 heterocycles. The van der Waals surface area contributed by atoms with Gasteiger partial charge in [-0.05, 0) is 18.9 Å². The van der Waals surface area contributed by atoms with Crippen molar-refractivity contribution >= 4 is 5.97 Å². The summed E-state index contributed by atoms with van der Waals surface area (Å²) in [7, 11) is 0. The summed E-state index contributed by atoms with van der Waals surface area (Å²) in [6, 6.07) is 0. The molecule has 0 unspecified atom stereocenters. The molecule has 0 radical (unpaired) electrons. The lowest BCUT2D eigenvalue weighted by Gasteiger charge is -2.29. The van der Waals surface area contributed by atoms with Crippen LogP contribution in [0.25, 0.3) is 0 Å². The Kier molecular flexibility index (Phi) is 3.76. The highest BCUT2D eigenvalue weighted by molar-refractivity contribution is 5.91. The average Bonchev–Trinajstić information content (AvgIpc) is 3.08. The van der Waals surface area contributed by atoms with Crippen LogP contribution in [0.15, 0.2) is 34.9 Å². The third-order valence-electron chi connectivity index (χ3n) is 4.14. The minimum atomic E-state index is -0.361. The maximum Gasteiger partial charge on any atom is 0.334 e. The number of hydrogen-bond donors (Lipinski definition) is 0. The van der Waals surface area contributed by atoms with E-state index in [0.717, 1.165) is 36.8 Å². The van der Waals surface area contributed by atoms with Crippen LogP contribution in [0.4, 0.5) is 0 Å². The first-order chi connectivity index (χ1) is 9.69. The van der Waals surface area contributed by atoms with Crippen molar-refractivity contribution in [2.75, 3.05) is 19.8 Å². The molecule has 4 heteroatoms. The van der Waals surface area contributed by atoms with Crippen molar-refractivity contribution < 1.29 is 19.0 Å². The highest BCUT2D eigenvalue weighted by atomic mass is 16.7. The van der Waals surface area contributed by atoms with Gasteiger partial charge in [0.05, 0.1) is 19.8 Å². The second kappa shape index (κ2) is 5.54. The summed E-state index contributed by atoms with van der Waals surface area (Å²) in [4.78, 5) is 11.5. The summed E-state index contributed by atoms with van der Waals surface area (Å²) in [5.41, 5.74) is 3.08. The van der Waals surface area contributed by atoms with Gasteiger partial charge >= 0.3 is 5.97 Å². The lowest BCUT2D eigenvalue weighted by atomic mass is 9.93. The van der Waals surface area contributed by atoms with Gasteiger partial charge < -0.3 is 14.2 Å². The Bertz CT molecular complexity index is 493. The Labute approximate surface area is 119 Å². The van der Waals surface area contributed by atoms with Crippen LogP contribution < -0.4 is 0 Å². The molecule has 0 saturated carbocycles. The van der Waals surface area contributed by atoms with E-state index in [2.05, 4.69) is 12.2 Å². The molecule has 0 bridgehead atoms. The number of allylic oxidation sites excluding steroid dienone is 4. The fourth-order valence-corrected chi connectivity index (χ4v) is 2.86. The molecule has 3 aliphatic rings. The van der Waals surface area contributed by atoms with Crippen LogP contribution in [0.5, 0.6) is 0 Å². The fraction of sp³-hybridized carbons (Fsp3) is 0.562. The zero-order chi connectivity index (χ0) is 14.0. The molecule has 3 rings (SSSR count). The van der Waals surface area contributed by atoms with Crippen LogP contribution in [0.3, 0.4) is 0 Å². The van der Waals surface area contributed by atoms with Gasteiger partial charge in [-0.25, -0.2) is 4.79 Å². The Hall–Kier alpha value is -1.39. The molecule has 2 aliphatic heterocycles. The zero-order valence-corrected chi connectivity index (χ0v) is 11.8. The maximum atomic E-state index is 11.5. The first kappa shape index (κ1) is 13.6. The van der Waals surface area contributed by atoms with Crippen LogP contribution in [0.1, 0.15) is 32.6 Å². The summed E-state index contributed by atoms with van der Waals surface area (Å²) >= 11 is 0. The number of carbonyl (C=O) groups is 1. The van der Waals surface area contributed by atoms with E-state index in [1.165, 1.54) is 5.57 Å². The van der Waals surface area contributed by atoms with Gasteiger partial charge in [-0.3, -0.25) is 0 Å². The lowest BCUT2D eigenvalue weighted by Crippen LogP contribution is -2.31. The van der Waals surface area contributed by atoms with E-state index in [1.54, 1.807) is 0 Å². The molecule has 0 amide bonds. The van der Waals surface area contributed by atoms with E-state index >= 15 is 0 Å². The normalized spacial score (nSPS) is 28.1. The van der Waals surface area contributed by atoms with Crippen LogP contribution in [0, 0.1) is 0 Å². The van der Waals surface area contributed by atoms with Crippen molar-refractivity contribution in [3.8, 4) is 0 Å². The van der Waals surface area contributed by atoms with Gasteiger partial charge in [0.2, 0.25) is 0 Å². The predicted molar refractivity (Wildman–Crippen MR) is 74.0 cm³/mol. The number of ether oxygens (including phenoxy) is 3. The average molecular weight is 276 g/mol. The second-order valence-corrected chi connectivity index (χ2v) is 5.47. The summed E-state index contributed by atoms with van der Waals surface area (Å²) in [6.45, 7) is 3.88. The zero-order valence-electron chi connectivity index (χ0n) is 11.8. The topological polar surface area (TPSA) is 44.8 Å². The van der Waals surface area contributed by atoms with Gasteiger partial charge in [-0.15, -0.1) is 0 Å². The molecule has 108 valence electrons. The Balaban J connectivity index is 1.65. The van der Waals surface area contributed by atoms with E-state index in [4.69, 9.17) is 14.2 Å². The van der Waals surface area contributed by atoms with Crippen molar-refractivity contribution in [2.45, 2.75) is 38.4 Å². The van der Waals surface area contributed by atoms with E-state index in [1.807, 2.05) is 13.0 Å². The van der Waals surface area contributed by atoms with Crippen LogP contribution in [-0.2, 0) is 19.0 Å². The molecule has 0 aromatic heterocycles. The molecule has 2 fully saturated rings. The van der Waals surface area contributed by atoms with Gasteiger partial charge in [-0.2, -0.15) is 0 Å². The van der Waals surface area contributed by atoms with E-state index < -0.39 is 0 Å². The van der Waals surface area contributed by atoms with Crippen LogP contribution in [-0.4, -0.2) is 31.6 Å². The summed E-state index contributed by atoms with van der Waals surface area (Å²) in [5.74, 6) is -0.531. The van der Waals surface area contributed by atoms with Crippen LogP contribution >= 0.6 is 0 Å². The maximum absolute atomic E-state index is 11.5. The summed E-state index contributed by atoms with van der Waals surface area (Å²) in [6.07, 6.45) is 9.67. The molecule has 1 aliphatic carbocycles.